The maximum absolute atomic E-state index is 4.20. The molecule has 0 atom stereocenters. The van der Waals surface area contributed by atoms with E-state index in [0.29, 0.717) is 0 Å². The number of nitrogens with zero attached hydrogens (tertiary/aromatic N) is 3. The molecule has 0 N–H and O–H groups in total. The Morgan fingerprint density at radius 1 is 1.15 bits per heavy atom. The summed E-state index contributed by atoms with van der Waals surface area (Å²) in [6.45, 7) is 8.02. The number of hydrogen-bond donors (Lipinski definition) is 0. The molecular weight excluding hydrogens is 162 g/mol. The highest BCUT2D eigenvalue weighted by molar-refractivity contribution is 5.47. The molecule has 0 aliphatic heterocycles. The highest BCUT2D eigenvalue weighted by Crippen LogP contribution is 2.08. The molecule has 2 heterocycles. The van der Waals surface area contributed by atoms with Gasteiger partial charge in [0.05, 0.1) is 0 Å². The van der Waals surface area contributed by atoms with Gasteiger partial charge in [0.2, 0.25) is 0 Å². The van der Waals surface area contributed by atoms with Crippen LogP contribution in [-0.4, -0.2) is 14.4 Å². The molecule has 0 unspecified atom stereocenters. The summed E-state index contributed by atoms with van der Waals surface area (Å²) in [5.74, 6) is 0. The van der Waals surface area contributed by atoms with Gasteiger partial charge < -0.3 is 0 Å². The summed E-state index contributed by atoms with van der Waals surface area (Å²) in [5.41, 5.74) is 3.19. The van der Waals surface area contributed by atoms with Gasteiger partial charge in [-0.2, -0.15) is 0 Å². The second-order valence-electron chi connectivity index (χ2n) is 2.61. The maximum atomic E-state index is 4.20. The molecule has 0 bridgehead atoms. The van der Waals surface area contributed by atoms with Crippen LogP contribution in [0.2, 0.25) is 0 Å². The monoisotopic (exact) mass is 177 g/mol. The number of aryl methyl sites for hydroxylation is 2. The zero-order chi connectivity index (χ0) is 9.84. The fraction of sp³-hybridized carbons (Fsp3) is 0.400. The molecule has 0 fully saturated rings. The van der Waals surface area contributed by atoms with Crippen LogP contribution >= 0.6 is 0 Å². The van der Waals surface area contributed by atoms with Crippen molar-refractivity contribution in [3.05, 3.63) is 30.0 Å². The first-order valence-electron chi connectivity index (χ1n) is 4.54. The Kier molecular flexibility index (Phi) is 3.01. The Bertz CT molecular complexity index is 390. The molecule has 2 aromatic rings. The maximum Gasteiger partial charge on any atom is 0.142 e. The smallest absolute Gasteiger partial charge is 0.142 e. The number of rotatable bonds is 0. The lowest BCUT2D eigenvalue weighted by molar-refractivity contribution is 1.02. The van der Waals surface area contributed by atoms with Gasteiger partial charge in [-0.15, -0.1) is 0 Å². The van der Waals surface area contributed by atoms with Crippen LogP contribution in [0.4, 0.5) is 0 Å². The van der Waals surface area contributed by atoms with Gasteiger partial charge in [-0.05, 0) is 13.8 Å². The molecule has 3 nitrogen and oxygen atoms in total. The molecule has 13 heavy (non-hydrogen) atoms. The summed E-state index contributed by atoms with van der Waals surface area (Å²) in [6.07, 6.45) is 5.46. The predicted molar refractivity (Wildman–Crippen MR) is 53.8 cm³/mol. The van der Waals surface area contributed by atoms with Crippen LogP contribution < -0.4 is 0 Å². The molecule has 0 aromatic carbocycles. The third kappa shape index (κ3) is 1.69. The van der Waals surface area contributed by atoms with Gasteiger partial charge in [-0.25, -0.2) is 9.97 Å². The van der Waals surface area contributed by atoms with Crippen LogP contribution in [0.15, 0.2) is 18.7 Å². The summed E-state index contributed by atoms with van der Waals surface area (Å²) in [5, 5.41) is 0. The first-order chi connectivity index (χ1) is 6.29. The van der Waals surface area contributed by atoms with E-state index in [1.807, 2.05) is 38.3 Å². The van der Waals surface area contributed by atoms with Crippen LogP contribution in [-0.2, 0) is 0 Å². The molecule has 3 heteroatoms. The number of aromatic nitrogens is 3. The van der Waals surface area contributed by atoms with E-state index >= 15 is 0 Å². The van der Waals surface area contributed by atoms with E-state index in [-0.39, 0.29) is 0 Å². The minimum Gasteiger partial charge on any atom is -0.290 e. The topological polar surface area (TPSA) is 30.2 Å². The van der Waals surface area contributed by atoms with Crippen molar-refractivity contribution in [2.75, 3.05) is 0 Å². The van der Waals surface area contributed by atoms with Gasteiger partial charge in [0.1, 0.15) is 12.0 Å². The molecule has 0 aliphatic carbocycles. The average Bonchev–Trinajstić information content (AvgIpc) is 2.63. The fourth-order valence-corrected chi connectivity index (χ4v) is 1.10. The van der Waals surface area contributed by atoms with Crippen LogP contribution in [0, 0.1) is 13.8 Å². The molecule has 2 aromatic heterocycles. The van der Waals surface area contributed by atoms with Crippen LogP contribution in [0.25, 0.3) is 5.65 Å². The quantitative estimate of drug-likeness (QED) is 0.618. The van der Waals surface area contributed by atoms with E-state index in [4.69, 9.17) is 0 Å². The lowest BCUT2D eigenvalue weighted by Crippen LogP contribution is -1.93. The Balaban J connectivity index is 0.000000396. The molecule has 0 amide bonds. The summed E-state index contributed by atoms with van der Waals surface area (Å²) in [7, 11) is 0. The van der Waals surface area contributed by atoms with Crippen molar-refractivity contribution < 1.29 is 0 Å². The Labute approximate surface area is 78.5 Å². The number of hydrogen-bond acceptors (Lipinski definition) is 2. The molecular formula is C10H15N3. The molecule has 0 aliphatic rings. The van der Waals surface area contributed by atoms with Crippen LogP contribution in [0.5, 0.6) is 0 Å². The minimum atomic E-state index is 0.998. The van der Waals surface area contributed by atoms with Crippen molar-refractivity contribution in [3.63, 3.8) is 0 Å². The van der Waals surface area contributed by atoms with Crippen LogP contribution in [0.3, 0.4) is 0 Å². The van der Waals surface area contributed by atoms with Gasteiger partial charge in [0.15, 0.2) is 0 Å². The van der Waals surface area contributed by atoms with Gasteiger partial charge in [0, 0.05) is 23.7 Å². The van der Waals surface area contributed by atoms with Gasteiger partial charge in [-0.1, -0.05) is 13.8 Å². The summed E-state index contributed by atoms with van der Waals surface area (Å²) >= 11 is 0. The standard InChI is InChI=1S/C8H9N3.C2H6/c1-6-7(2)10-5-11-4-3-9-8(6)11;1-2/h3-5H,1-2H3;1-2H3. The molecule has 2 rings (SSSR count). The van der Waals surface area contributed by atoms with Crippen molar-refractivity contribution in [1.29, 1.82) is 0 Å². The molecule has 70 valence electrons. The Morgan fingerprint density at radius 2 is 1.85 bits per heavy atom. The summed E-state index contributed by atoms with van der Waals surface area (Å²) < 4.78 is 1.92. The van der Waals surface area contributed by atoms with E-state index in [2.05, 4.69) is 9.97 Å². The highest BCUT2D eigenvalue weighted by atomic mass is 15.0. The molecule has 0 saturated carbocycles. The first kappa shape index (κ1) is 9.71. The van der Waals surface area contributed by atoms with Gasteiger partial charge in [-0.3, -0.25) is 4.40 Å². The normalized spacial score (nSPS) is 9.54. The zero-order valence-electron chi connectivity index (χ0n) is 8.57. The third-order valence-electron chi connectivity index (χ3n) is 1.92. The van der Waals surface area contributed by atoms with Crippen molar-refractivity contribution in [1.82, 2.24) is 14.4 Å². The Hall–Kier alpha value is -1.38. The van der Waals surface area contributed by atoms with Gasteiger partial charge >= 0.3 is 0 Å². The lowest BCUT2D eigenvalue weighted by atomic mass is 10.3. The predicted octanol–water partition coefficient (Wildman–Crippen LogP) is 2.37. The minimum absolute atomic E-state index is 0.998. The van der Waals surface area contributed by atoms with Crippen molar-refractivity contribution >= 4 is 5.65 Å². The van der Waals surface area contributed by atoms with E-state index in [1.54, 1.807) is 12.5 Å². The second kappa shape index (κ2) is 4.03. The third-order valence-corrected chi connectivity index (χ3v) is 1.92. The largest absolute Gasteiger partial charge is 0.290 e. The number of imidazole rings is 1. The fourth-order valence-electron chi connectivity index (χ4n) is 1.10. The SMILES string of the molecule is CC.Cc1ncn2ccnc2c1C. The van der Waals surface area contributed by atoms with E-state index in [9.17, 15) is 0 Å². The average molecular weight is 177 g/mol. The lowest BCUT2D eigenvalue weighted by Gasteiger charge is -1.99. The highest BCUT2D eigenvalue weighted by Gasteiger charge is 2.00. The van der Waals surface area contributed by atoms with Gasteiger partial charge in [0.25, 0.3) is 0 Å². The Morgan fingerprint density at radius 3 is 2.54 bits per heavy atom. The van der Waals surface area contributed by atoms with E-state index in [1.165, 1.54) is 0 Å². The molecule has 0 saturated heterocycles. The van der Waals surface area contributed by atoms with Crippen molar-refractivity contribution in [2.24, 2.45) is 0 Å². The zero-order valence-corrected chi connectivity index (χ0v) is 8.57. The first-order valence-corrected chi connectivity index (χ1v) is 4.54. The molecule has 0 spiro atoms. The van der Waals surface area contributed by atoms with Crippen molar-refractivity contribution in [3.8, 4) is 0 Å². The second-order valence-corrected chi connectivity index (χ2v) is 2.61. The number of fused-ring (bicyclic) bond motifs is 1. The summed E-state index contributed by atoms with van der Waals surface area (Å²) in [4.78, 5) is 8.40. The van der Waals surface area contributed by atoms with Crippen molar-refractivity contribution in [2.45, 2.75) is 27.7 Å². The van der Waals surface area contributed by atoms with E-state index in [0.717, 1.165) is 16.9 Å². The van der Waals surface area contributed by atoms with Crippen LogP contribution in [0.1, 0.15) is 25.1 Å². The van der Waals surface area contributed by atoms with E-state index < -0.39 is 0 Å². The summed E-state index contributed by atoms with van der Waals surface area (Å²) in [6, 6.07) is 0. The molecule has 0 radical (unpaired) electrons.